The number of carbonyl (C=O) groups is 2. The van der Waals surface area contributed by atoms with Gasteiger partial charge in [0.15, 0.2) is 5.78 Å². The lowest BCUT2D eigenvalue weighted by atomic mass is 9.70. The molecule has 2 aromatic rings. The van der Waals surface area contributed by atoms with Crippen LogP contribution in [-0.4, -0.2) is 28.4 Å². The lowest BCUT2D eigenvalue weighted by Gasteiger charge is -2.34. The van der Waals surface area contributed by atoms with E-state index < -0.39 is 5.41 Å². The SMILES string of the molecule is COC(=O)C1(CC(=O)c2cncn2C(C)c2ccccc2)CCCCC1. The predicted molar refractivity (Wildman–Crippen MR) is 99.0 cm³/mol. The van der Waals surface area contributed by atoms with E-state index in [9.17, 15) is 9.59 Å². The van der Waals surface area contributed by atoms with Gasteiger partial charge in [-0.25, -0.2) is 4.98 Å². The number of rotatable bonds is 6. The summed E-state index contributed by atoms with van der Waals surface area (Å²) in [4.78, 5) is 29.7. The van der Waals surface area contributed by atoms with Crippen LogP contribution in [0, 0.1) is 5.41 Å². The third-order valence-corrected chi connectivity index (χ3v) is 5.58. The lowest BCUT2D eigenvalue weighted by Crippen LogP contribution is -2.37. The van der Waals surface area contributed by atoms with Gasteiger partial charge >= 0.3 is 5.97 Å². The van der Waals surface area contributed by atoms with E-state index >= 15 is 0 Å². The molecule has 0 bridgehead atoms. The molecule has 5 heteroatoms. The number of carbonyl (C=O) groups excluding carboxylic acids is 2. The van der Waals surface area contributed by atoms with Gasteiger partial charge in [-0.1, -0.05) is 49.6 Å². The van der Waals surface area contributed by atoms with Crippen LogP contribution in [0.5, 0.6) is 0 Å². The molecule has 0 amide bonds. The molecule has 0 radical (unpaired) electrons. The Hall–Kier alpha value is -2.43. The van der Waals surface area contributed by atoms with E-state index in [1.54, 1.807) is 12.5 Å². The highest BCUT2D eigenvalue weighted by Gasteiger charge is 2.43. The van der Waals surface area contributed by atoms with Gasteiger partial charge in [0.25, 0.3) is 0 Å². The van der Waals surface area contributed by atoms with Crippen molar-refractivity contribution in [2.45, 2.75) is 51.5 Å². The number of imidazole rings is 1. The molecule has 1 aromatic heterocycles. The number of esters is 1. The Balaban J connectivity index is 1.84. The van der Waals surface area contributed by atoms with Gasteiger partial charge in [0.2, 0.25) is 0 Å². The van der Waals surface area contributed by atoms with E-state index in [1.165, 1.54) is 7.11 Å². The van der Waals surface area contributed by atoms with Crippen molar-refractivity contribution in [2.24, 2.45) is 5.41 Å². The smallest absolute Gasteiger partial charge is 0.312 e. The first-order valence-corrected chi connectivity index (χ1v) is 9.26. The third kappa shape index (κ3) is 3.57. The number of hydrogen-bond donors (Lipinski definition) is 0. The normalized spacial score (nSPS) is 17.5. The standard InChI is InChI=1S/C21H26N2O3/c1-16(17-9-5-3-6-10-17)23-15-22-14-18(23)19(24)13-21(20(25)26-2)11-7-4-8-12-21/h3,5-6,9-10,14-16H,4,7-8,11-13H2,1-2H3. The monoisotopic (exact) mass is 354 g/mol. The average molecular weight is 354 g/mol. The first-order chi connectivity index (χ1) is 12.6. The van der Waals surface area contributed by atoms with Crippen LogP contribution < -0.4 is 0 Å². The Morgan fingerprint density at radius 2 is 1.88 bits per heavy atom. The number of benzene rings is 1. The molecule has 0 saturated heterocycles. The minimum atomic E-state index is -0.685. The highest BCUT2D eigenvalue weighted by atomic mass is 16.5. The Morgan fingerprint density at radius 3 is 2.54 bits per heavy atom. The summed E-state index contributed by atoms with van der Waals surface area (Å²) in [5.74, 6) is -0.301. The first kappa shape index (κ1) is 18.4. The Kier molecular flexibility index (Phi) is 5.55. The van der Waals surface area contributed by atoms with E-state index in [4.69, 9.17) is 4.74 Å². The van der Waals surface area contributed by atoms with Crippen LogP contribution in [0.2, 0.25) is 0 Å². The highest BCUT2D eigenvalue weighted by molar-refractivity contribution is 5.97. The number of Topliss-reactive ketones (excluding diaryl/α,β-unsaturated/α-hetero) is 1. The van der Waals surface area contributed by atoms with E-state index in [1.807, 2.05) is 41.8 Å². The van der Waals surface area contributed by atoms with Crippen LogP contribution in [0.1, 0.15) is 67.5 Å². The van der Waals surface area contributed by atoms with Crippen molar-refractivity contribution >= 4 is 11.8 Å². The van der Waals surface area contributed by atoms with Gasteiger partial charge in [0.1, 0.15) is 5.69 Å². The molecule has 26 heavy (non-hydrogen) atoms. The fraction of sp³-hybridized carbons (Fsp3) is 0.476. The fourth-order valence-electron chi connectivity index (χ4n) is 4.02. The van der Waals surface area contributed by atoms with Crippen molar-refractivity contribution < 1.29 is 14.3 Å². The van der Waals surface area contributed by atoms with Crippen molar-refractivity contribution in [3.05, 3.63) is 54.1 Å². The van der Waals surface area contributed by atoms with Crippen LogP contribution in [0.3, 0.4) is 0 Å². The summed E-state index contributed by atoms with van der Waals surface area (Å²) in [5, 5.41) is 0. The number of nitrogens with zero attached hydrogens (tertiary/aromatic N) is 2. The molecule has 1 saturated carbocycles. The molecule has 0 aliphatic heterocycles. The molecule has 1 fully saturated rings. The second kappa shape index (κ2) is 7.85. The van der Waals surface area contributed by atoms with Gasteiger partial charge in [-0.15, -0.1) is 0 Å². The lowest BCUT2D eigenvalue weighted by molar-refractivity contribution is -0.154. The Bertz CT molecular complexity index is 761. The summed E-state index contributed by atoms with van der Waals surface area (Å²) in [7, 11) is 1.41. The molecule has 1 aliphatic rings. The molecule has 1 atom stereocenters. The number of aromatic nitrogens is 2. The zero-order valence-corrected chi connectivity index (χ0v) is 15.5. The maximum atomic E-state index is 13.1. The molecule has 5 nitrogen and oxygen atoms in total. The zero-order chi connectivity index (χ0) is 18.6. The van der Waals surface area contributed by atoms with E-state index in [2.05, 4.69) is 4.98 Å². The molecular formula is C21H26N2O3. The maximum Gasteiger partial charge on any atom is 0.312 e. The number of ether oxygens (including phenoxy) is 1. The summed E-state index contributed by atoms with van der Waals surface area (Å²) in [5.41, 5.74) is 0.977. The van der Waals surface area contributed by atoms with E-state index in [0.29, 0.717) is 18.5 Å². The number of methoxy groups -OCH3 is 1. The fourth-order valence-corrected chi connectivity index (χ4v) is 4.02. The van der Waals surface area contributed by atoms with Crippen molar-refractivity contribution in [1.82, 2.24) is 9.55 Å². The molecule has 1 aromatic carbocycles. The third-order valence-electron chi connectivity index (χ3n) is 5.58. The van der Waals surface area contributed by atoms with Gasteiger partial charge in [-0.05, 0) is 25.3 Å². The minimum absolute atomic E-state index is 0.00178. The summed E-state index contributed by atoms with van der Waals surface area (Å²) in [6.45, 7) is 2.05. The zero-order valence-electron chi connectivity index (χ0n) is 15.5. The summed E-state index contributed by atoms with van der Waals surface area (Å²) >= 11 is 0. The molecule has 3 rings (SSSR count). The predicted octanol–water partition coefficient (Wildman–Crippen LogP) is 4.19. The molecule has 138 valence electrons. The Labute approximate surface area is 154 Å². The van der Waals surface area contributed by atoms with Gasteiger partial charge in [0.05, 0.1) is 31.1 Å². The second-order valence-electron chi connectivity index (χ2n) is 7.21. The molecular weight excluding hydrogens is 328 g/mol. The van der Waals surface area contributed by atoms with Gasteiger partial charge in [-0.2, -0.15) is 0 Å². The summed E-state index contributed by atoms with van der Waals surface area (Å²) in [6, 6.07) is 10.0. The summed E-state index contributed by atoms with van der Waals surface area (Å²) < 4.78 is 6.94. The van der Waals surface area contributed by atoms with Gasteiger partial charge in [-0.3, -0.25) is 9.59 Å². The van der Waals surface area contributed by atoms with Crippen LogP contribution in [0.25, 0.3) is 0 Å². The van der Waals surface area contributed by atoms with Crippen molar-refractivity contribution in [3.8, 4) is 0 Å². The molecule has 1 aliphatic carbocycles. The minimum Gasteiger partial charge on any atom is -0.469 e. The van der Waals surface area contributed by atoms with Crippen LogP contribution in [-0.2, 0) is 9.53 Å². The second-order valence-corrected chi connectivity index (χ2v) is 7.21. The topological polar surface area (TPSA) is 61.2 Å². The maximum absolute atomic E-state index is 13.1. The highest BCUT2D eigenvalue weighted by Crippen LogP contribution is 2.41. The van der Waals surface area contributed by atoms with Crippen molar-refractivity contribution in [3.63, 3.8) is 0 Å². The van der Waals surface area contributed by atoms with Crippen LogP contribution in [0.15, 0.2) is 42.9 Å². The van der Waals surface area contributed by atoms with Crippen molar-refractivity contribution in [1.29, 1.82) is 0 Å². The van der Waals surface area contributed by atoms with Crippen LogP contribution >= 0.6 is 0 Å². The van der Waals surface area contributed by atoms with Crippen molar-refractivity contribution in [2.75, 3.05) is 7.11 Å². The molecule has 1 heterocycles. The molecule has 1 unspecified atom stereocenters. The van der Waals surface area contributed by atoms with Gasteiger partial charge in [0, 0.05) is 6.42 Å². The quantitative estimate of drug-likeness (QED) is 0.576. The Morgan fingerprint density at radius 1 is 1.19 bits per heavy atom. The van der Waals surface area contributed by atoms with E-state index in [-0.39, 0.29) is 24.2 Å². The van der Waals surface area contributed by atoms with Gasteiger partial charge < -0.3 is 9.30 Å². The van der Waals surface area contributed by atoms with E-state index in [0.717, 1.165) is 24.8 Å². The molecule has 0 N–H and O–H groups in total. The molecule has 0 spiro atoms. The summed E-state index contributed by atoms with van der Waals surface area (Å²) in [6.07, 6.45) is 7.95. The number of ketones is 1. The number of hydrogen-bond acceptors (Lipinski definition) is 4. The van der Waals surface area contributed by atoms with Crippen LogP contribution in [0.4, 0.5) is 0 Å². The largest absolute Gasteiger partial charge is 0.469 e. The average Bonchev–Trinajstić information content (AvgIpc) is 3.18. The first-order valence-electron chi connectivity index (χ1n) is 9.26.